The number of halogens is 2. The summed E-state index contributed by atoms with van der Waals surface area (Å²) >= 11 is 9.55. The van der Waals surface area contributed by atoms with E-state index >= 15 is 0 Å². The van der Waals surface area contributed by atoms with E-state index in [2.05, 4.69) is 31.0 Å². The summed E-state index contributed by atoms with van der Waals surface area (Å²) in [5.41, 5.74) is 3.82. The molecule has 4 nitrogen and oxygen atoms in total. The van der Waals surface area contributed by atoms with Gasteiger partial charge in [-0.25, -0.2) is 9.97 Å². The van der Waals surface area contributed by atoms with Crippen LogP contribution in [0.15, 0.2) is 4.47 Å². The van der Waals surface area contributed by atoms with Gasteiger partial charge >= 0.3 is 0 Å². The predicted molar refractivity (Wildman–Crippen MR) is 75.8 cm³/mol. The quantitative estimate of drug-likeness (QED) is 0.792. The zero-order valence-corrected chi connectivity index (χ0v) is 13.1. The molecule has 18 heavy (non-hydrogen) atoms. The van der Waals surface area contributed by atoms with Gasteiger partial charge in [-0.1, -0.05) is 18.5 Å². The molecule has 0 bridgehead atoms. The summed E-state index contributed by atoms with van der Waals surface area (Å²) < 4.78 is 2.60. The highest BCUT2D eigenvalue weighted by atomic mass is 79.9. The summed E-state index contributed by atoms with van der Waals surface area (Å²) in [6.45, 7) is 5.99. The Morgan fingerprint density at radius 1 is 1.28 bits per heavy atom. The lowest BCUT2D eigenvalue weighted by Crippen LogP contribution is -1.99. The monoisotopic (exact) mass is 328 g/mol. The Labute approximate surface area is 120 Å². The summed E-state index contributed by atoms with van der Waals surface area (Å²) in [5, 5.41) is 4.82. The van der Waals surface area contributed by atoms with Crippen LogP contribution in [0.1, 0.15) is 24.0 Å². The highest BCUT2D eigenvalue weighted by Crippen LogP contribution is 2.29. The largest absolute Gasteiger partial charge is 0.272 e. The third-order valence-electron chi connectivity index (χ3n) is 2.95. The second-order valence-electron chi connectivity index (χ2n) is 4.12. The first-order valence-electron chi connectivity index (χ1n) is 5.68. The van der Waals surface area contributed by atoms with E-state index in [1.165, 1.54) is 0 Å². The van der Waals surface area contributed by atoms with E-state index in [0.717, 1.165) is 33.5 Å². The second kappa shape index (κ2) is 4.97. The first kappa shape index (κ1) is 13.5. The third kappa shape index (κ3) is 2.17. The Balaban J connectivity index is 2.68. The van der Waals surface area contributed by atoms with Crippen molar-refractivity contribution in [1.82, 2.24) is 19.7 Å². The van der Waals surface area contributed by atoms with Crippen molar-refractivity contribution in [3.8, 4) is 11.4 Å². The van der Waals surface area contributed by atoms with Crippen LogP contribution in [0, 0.1) is 13.8 Å². The predicted octanol–water partition coefficient (Wildman–Crippen LogP) is 3.47. The normalized spacial score (nSPS) is 11.0. The summed E-state index contributed by atoms with van der Waals surface area (Å²) in [5.74, 6) is 0.642. The van der Waals surface area contributed by atoms with Gasteiger partial charge in [-0.2, -0.15) is 5.10 Å². The van der Waals surface area contributed by atoms with Gasteiger partial charge in [0.15, 0.2) is 5.82 Å². The first-order chi connectivity index (χ1) is 8.45. The van der Waals surface area contributed by atoms with E-state index < -0.39 is 0 Å². The second-order valence-corrected chi connectivity index (χ2v) is 5.27. The number of hydrogen-bond donors (Lipinski definition) is 0. The Morgan fingerprint density at radius 2 is 1.94 bits per heavy atom. The topological polar surface area (TPSA) is 43.6 Å². The molecule has 0 saturated heterocycles. The molecule has 2 aromatic rings. The molecule has 0 aliphatic rings. The molecule has 0 saturated carbocycles. The van der Waals surface area contributed by atoms with Crippen molar-refractivity contribution in [3.63, 3.8) is 0 Å². The molecule has 2 heterocycles. The van der Waals surface area contributed by atoms with Crippen LogP contribution in [0.25, 0.3) is 11.4 Å². The van der Waals surface area contributed by atoms with Crippen LogP contribution in [-0.2, 0) is 13.5 Å². The number of hydrogen-bond acceptors (Lipinski definition) is 3. The van der Waals surface area contributed by atoms with Crippen molar-refractivity contribution in [2.45, 2.75) is 27.2 Å². The van der Waals surface area contributed by atoms with Gasteiger partial charge in [-0.15, -0.1) is 0 Å². The lowest BCUT2D eigenvalue weighted by Gasteiger charge is -2.07. The molecule has 0 atom stereocenters. The van der Waals surface area contributed by atoms with Crippen molar-refractivity contribution in [3.05, 3.63) is 26.7 Å². The lowest BCUT2D eigenvalue weighted by atomic mass is 10.2. The molecular weight excluding hydrogens is 316 g/mol. The highest BCUT2D eigenvalue weighted by Gasteiger charge is 2.17. The lowest BCUT2D eigenvalue weighted by molar-refractivity contribution is 0.731. The molecule has 2 aromatic heterocycles. The van der Waals surface area contributed by atoms with Gasteiger partial charge in [0.25, 0.3) is 0 Å². The summed E-state index contributed by atoms with van der Waals surface area (Å²) in [6, 6.07) is 0. The third-order valence-corrected chi connectivity index (χ3v) is 4.28. The van der Waals surface area contributed by atoms with E-state index in [9.17, 15) is 0 Å². The Morgan fingerprint density at radius 3 is 2.44 bits per heavy atom. The molecule has 0 aromatic carbocycles. The molecule has 96 valence electrons. The number of nitrogens with zero attached hydrogens (tertiary/aromatic N) is 4. The van der Waals surface area contributed by atoms with E-state index in [1.54, 1.807) is 0 Å². The van der Waals surface area contributed by atoms with Crippen LogP contribution < -0.4 is 0 Å². The maximum Gasteiger partial charge on any atom is 0.164 e. The molecule has 0 radical (unpaired) electrons. The van der Waals surface area contributed by atoms with Crippen molar-refractivity contribution in [2.24, 2.45) is 7.05 Å². The van der Waals surface area contributed by atoms with Crippen molar-refractivity contribution in [2.75, 3.05) is 0 Å². The molecule has 0 unspecified atom stereocenters. The minimum Gasteiger partial charge on any atom is -0.272 e. The smallest absolute Gasteiger partial charge is 0.164 e. The maximum atomic E-state index is 6.13. The zero-order valence-electron chi connectivity index (χ0n) is 10.8. The summed E-state index contributed by atoms with van der Waals surface area (Å²) in [4.78, 5) is 8.90. The van der Waals surface area contributed by atoms with Crippen LogP contribution >= 0.6 is 27.5 Å². The van der Waals surface area contributed by atoms with Gasteiger partial charge in [-0.05, 0) is 36.2 Å². The fraction of sp³-hybridized carbons (Fsp3) is 0.417. The van der Waals surface area contributed by atoms with Gasteiger partial charge in [0, 0.05) is 12.7 Å². The molecular formula is C12H14BrClN4. The minimum atomic E-state index is 0.444. The highest BCUT2D eigenvalue weighted by molar-refractivity contribution is 9.10. The molecule has 0 N–H and O–H groups in total. The standard InChI is InChI=1S/C12H14BrClN4/c1-5-8-10(13)11(14)16-12(15-8)9-6(2)17-18(4)7(9)3/h5H2,1-4H3. The van der Waals surface area contributed by atoms with Crippen molar-refractivity contribution < 1.29 is 0 Å². The zero-order chi connectivity index (χ0) is 13.4. The van der Waals surface area contributed by atoms with Crippen LogP contribution in [0.2, 0.25) is 5.15 Å². The average Bonchev–Trinajstić information content (AvgIpc) is 2.57. The fourth-order valence-electron chi connectivity index (χ4n) is 1.91. The molecule has 0 fully saturated rings. The van der Waals surface area contributed by atoms with E-state index in [4.69, 9.17) is 11.6 Å². The van der Waals surface area contributed by atoms with E-state index in [1.807, 2.05) is 32.5 Å². The van der Waals surface area contributed by atoms with E-state index in [0.29, 0.717) is 11.0 Å². The summed E-state index contributed by atoms with van der Waals surface area (Å²) in [6.07, 6.45) is 0.800. The number of aromatic nitrogens is 4. The van der Waals surface area contributed by atoms with Gasteiger partial charge in [0.05, 0.1) is 21.4 Å². The summed E-state index contributed by atoms with van der Waals surface area (Å²) in [7, 11) is 1.91. The van der Waals surface area contributed by atoms with Crippen LogP contribution in [-0.4, -0.2) is 19.7 Å². The van der Waals surface area contributed by atoms with Gasteiger partial charge in [-0.3, -0.25) is 4.68 Å². The molecule has 0 amide bonds. The molecule has 0 spiro atoms. The van der Waals surface area contributed by atoms with Crippen LogP contribution in [0.5, 0.6) is 0 Å². The van der Waals surface area contributed by atoms with Crippen molar-refractivity contribution in [1.29, 1.82) is 0 Å². The average molecular weight is 330 g/mol. The SMILES string of the molecule is CCc1nc(-c2c(C)nn(C)c2C)nc(Cl)c1Br. The van der Waals surface area contributed by atoms with Crippen molar-refractivity contribution >= 4 is 27.5 Å². The molecule has 0 aliphatic heterocycles. The van der Waals surface area contributed by atoms with Gasteiger partial charge in [0.2, 0.25) is 0 Å². The number of aryl methyl sites for hydroxylation is 3. The Hall–Kier alpha value is -0.940. The molecule has 6 heteroatoms. The Kier molecular flexibility index (Phi) is 3.73. The van der Waals surface area contributed by atoms with Gasteiger partial charge < -0.3 is 0 Å². The van der Waals surface area contributed by atoms with Crippen LogP contribution in [0.4, 0.5) is 0 Å². The van der Waals surface area contributed by atoms with Gasteiger partial charge in [0.1, 0.15) is 5.15 Å². The minimum absolute atomic E-state index is 0.444. The fourth-order valence-corrected chi connectivity index (χ4v) is 2.55. The molecule has 2 rings (SSSR count). The number of rotatable bonds is 2. The first-order valence-corrected chi connectivity index (χ1v) is 6.85. The van der Waals surface area contributed by atoms with E-state index in [-0.39, 0.29) is 0 Å². The Bertz CT molecular complexity index is 607. The maximum absolute atomic E-state index is 6.13. The molecule has 0 aliphatic carbocycles. The van der Waals surface area contributed by atoms with Crippen LogP contribution in [0.3, 0.4) is 0 Å².